The molecule has 2 atom stereocenters. The molecule has 2 unspecified atom stereocenters. The maximum absolute atomic E-state index is 11.9. The quantitative estimate of drug-likeness (QED) is 0.755. The van der Waals surface area contributed by atoms with Crippen molar-refractivity contribution in [2.75, 3.05) is 13.2 Å². The van der Waals surface area contributed by atoms with E-state index in [2.05, 4.69) is 5.32 Å². The normalized spacial score (nSPS) is 32.2. The number of amides is 1. The van der Waals surface area contributed by atoms with Crippen molar-refractivity contribution in [1.29, 1.82) is 0 Å². The van der Waals surface area contributed by atoms with Crippen LogP contribution in [0.4, 0.5) is 0 Å². The molecular weight excluding hydrogens is 270 g/mol. The monoisotopic (exact) mass is 297 g/mol. The highest BCUT2D eigenvalue weighted by Crippen LogP contribution is 2.33. The second-order valence-corrected chi connectivity index (χ2v) is 6.41. The molecule has 2 saturated carbocycles. The molecule has 1 amide bonds. The van der Waals surface area contributed by atoms with Crippen LogP contribution in [0.1, 0.15) is 51.9 Å². The van der Waals surface area contributed by atoms with Gasteiger partial charge >= 0.3 is 5.97 Å². The van der Waals surface area contributed by atoms with E-state index < -0.39 is 5.97 Å². The van der Waals surface area contributed by atoms with Gasteiger partial charge in [-0.05, 0) is 44.4 Å². The minimum absolute atomic E-state index is 0.0599. The molecule has 2 fully saturated rings. The first-order valence-corrected chi connectivity index (χ1v) is 8.21. The molecule has 2 rings (SSSR count). The van der Waals surface area contributed by atoms with Crippen LogP contribution in [0.3, 0.4) is 0 Å². The molecule has 5 heteroatoms. The molecule has 2 aliphatic rings. The molecule has 0 radical (unpaired) electrons. The molecule has 0 spiro atoms. The molecule has 0 aromatic heterocycles. The molecule has 0 saturated heterocycles. The Hall–Kier alpha value is -1.10. The summed E-state index contributed by atoms with van der Waals surface area (Å²) in [4.78, 5) is 23.1. The van der Waals surface area contributed by atoms with Gasteiger partial charge in [-0.2, -0.15) is 0 Å². The predicted octanol–water partition coefficient (Wildman–Crippen LogP) is 2.20. The van der Waals surface area contributed by atoms with Crippen LogP contribution in [-0.4, -0.2) is 36.2 Å². The number of carbonyl (C=O) groups is 2. The first-order chi connectivity index (χ1) is 10.1. The fourth-order valence-electron chi connectivity index (χ4n) is 3.57. The number of carbonyl (C=O) groups excluding carboxylic acids is 1. The topological polar surface area (TPSA) is 75.6 Å². The van der Waals surface area contributed by atoms with Gasteiger partial charge in [-0.1, -0.05) is 12.8 Å². The Morgan fingerprint density at radius 3 is 2.62 bits per heavy atom. The van der Waals surface area contributed by atoms with Gasteiger partial charge < -0.3 is 15.2 Å². The Labute approximate surface area is 126 Å². The van der Waals surface area contributed by atoms with Crippen LogP contribution in [0.15, 0.2) is 0 Å². The summed E-state index contributed by atoms with van der Waals surface area (Å²) >= 11 is 0. The first kappa shape index (κ1) is 16.3. The molecule has 0 aromatic rings. The van der Waals surface area contributed by atoms with Gasteiger partial charge in [-0.15, -0.1) is 0 Å². The van der Waals surface area contributed by atoms with Crippen molar-refractivity contribution in [3.8, 4) is 0 Å². The molecule has 0 aliphatic heterocycles. The van der Waals surface area contributed by atoms with Gasteiger partial charge in [0.1, 0.15) is 0 Å². The lowest BCUT2D eigenvalue weighted by molar-refractivity contribution is -0.145. The van der Waals surface area contributed by atoms with E-state index in [0.29, 0.717) is 25.0 Å². The summed E-state index contributed by atoms with van der Waals surface area (Å²) in [6.45, 7) is 3.24. The van der Waals surface area contributed by atoms with Crippen molar-refractivity contribution >= 4 is 11.9 Å². The van der Waals surface area contributed by atoms with Gasteiger partial charge in [0.15, 0.2) is 0 Å². The average molecular weight is 297 g/mol. The largest absolute Gasteiger partial charge is 0.481 e. The van der Waals surface area contributed by atoms with E-state index in [-0.39, 0.29) is 17.7 Å². The van der Waals surface area contributed by atoms with E-state index in [1.807, 2.05) is 6.92 Å². The highest BCUT2D eigenvalue weighted by atomic mass is 16.5. The zero-order valence-electron chi connectivity index (χ0n) is 12.8. The van der Waals surface area contributed by atoms with Crippen LogP contribution in [0.5, 0.6) is 0 Å². The Morgan fingerprint density at radius 2 is 1.95 bits per heavy atom. The Kier molecular flexibility index (Phi) is 6.03. The van der Waals surface area contributed by atoms with Crippen LogP contribution in [0.25, 0.3) is 0 Å². The summed E-state index contributed by atoms with van der Waals surface area (Å²) in [5, 5.41) is 12.2. The number of carboxylic acid groups (broad SMARTS) is 1. The van der Waals surface area contributed by atoms with Gasteiger partial charge in [0.2, 0.25) is 5.91 Å². The third kappa shape index (κ3) is 4.70. The van der Waals surface area contributed by atoms with E-state index in [4.69, 9.17) is 4.74 Å². The van der Waals surface area contributed by atoms with Crippen molar-refractivity contribution in [3.05, 3.63) is 0 Å². The average Bonchev–Trinajstić information content (AvgIpc) is 2.43. The molecule has 2 N–H and O–H groups in total. The molecule has 5 nitrogen and oxygen atoms in total. The number of nitrogens with one attached hydrogen (secondary N) is 1. The number of rotatable bonds is 7. The van der Waals surface area contributed by atoms with Crippen LogP contribution >= 0.6 is 0 Å². The fourth-order valence-corrected chi connectivity index (χ4v) is 3.57. The highest BCUT2D eigenvalue weighted by molar-refractivity contribution is 5.76. The summed E-state index contributed by atoms with van der Waals surface area (Å²) in [5.74, 6) is -0.414. The molecule has 120 valence electrons. The summed E-state index contributed by atoms with van der Waals surface area (Å²) in [7, 11) is 0. The highest BCUT2D eigenvalue weighted by Gasteiger charge is 2.33. The second kappa shape index (κ2) is 7.78. The summed E-state index contributed by atoms with van der Waals surface area (Å²) in [6, 6.07) is 0. The lowest BCUT2D eigenvalue weighted by Crippen LogP contribution is -2.39. The van der Waals surface area contributed by atoms with E-state index >= 15 is 0 Å². The maximum Gasteiger partial charge on any atom is 0.306 e. The van der Waals surface area contributed by atoms with Crippen molar-refractivity contribution < 1.29 is 19.4 Å². The lowest BCUT2D eigenvalue weighted by atomic mass is 9.78. The van der Waals surface area contributed by atoms with Gasteiger partial charge in [0.05, 0.1) is 12.0 Å². The molecule has 2 aliphatic carbocycles. The van der Waals surface area contributed by atoms with E-state index in [9.17, 15) is 14.7 Å². The fraction of sp³-hybridized carbons (Fsp3) is 0.875. The molecule has 0 aromatic carbocycles. The summed E-state index contributed by atoms with van der Waals surface area (Å²) in [6.07, 6.45) is 6.55. The minimum atomic E-state index is -0.715. The Bertz CT molecular complexity index is 365. The standard InChI is InChI=1S/C16H27NO4/c1-2-21-13-7-11(8-13)9-15(18)17-10-12-5-3-4-6-14(12)16(19)20/h11-14H,2-10H2,1H3,(H,17,18)(H,19,20). The van der Waals surface area contributed by atoms with Crippen LogP contribution in [0.2, 0.25) is 0 Å². The molecular formula is C16H27NO4. The third-order valence-corrected chi connectivity index (χ3v) is 4.86. The zero-order chi connectivity index (χ0) is 15.2. The summed E-state index contributed by atoms with van der Waals surface area (Å²) in [5.41, 5.74) is 0. The van der Waals surface area contributed by atoms with Crippen LogP contribution in [-0.2, 0) is 14.3 Å². The smallest absolute Gasteiger partial charge is 0.306 e. The SMILES string of the molecule is CCOC1CC(CC(=O)NCC2CCCCC2C(=O)O)C1. The number of hydrogen-bond donors (Lipinski definition) is 2. The Morgan fingerprint density at radius 1 is 1.24 bits per heavy atom. The number of ether oxygens (including phenoxy) is 1. The molecule has 0 bridgehead atoms. The van der Waals surface area contributed by atoms with Gasteiger partial charge in [-0.25, -0.2) is 0 Å². The zero-order valence-corrected chi connectivity index (χ0v) is 12.8. The van der Waals surface area contributed by atoms with Crippen LogP contribution in [0, 0.1) is 17.8 Å². The third-order valence-electron chi connectivity index (χ3n) is 4.86. The number of carboxylic acids is 1. The second-order valence-electron chi connectivity index (χ2n) is 6.41. The molecule has 21 heavy (non-hydrogen) atoms. The van der Waals surface area contributed by atoms with E-state index in [0.717, 1.165) is 45.1 Å². The van der Waals surface area contributed by atoms with Crippen molar-refractivity contribution in [2.24, 2.45) is 17.8 Å². The number of aliphatic carboxylic acids is 1. The van der Waals surface area contributed by atoms with Crippen LogP contribution < -0.4 is 5.32 Å². The van der Waals surface area contributed by atoms with Gasteiger partial charge in [0.25, 0.3) is 0 Å². The first-order valence-electron chi connectivity index (χ1n) is 8.21. The van der Waals surface area contributed by atoms with Gasteiger partial charge in [0, 0.05) is 19.6 Å². The van der Waals surface area contributed by atoms with Gasteiger partial charge in [-0.3, -0.25) is 9.59 Å². The van der Waals surface area contributed by atoms with E-state index in [1.54, 1.807) is 0 Å². The minimum Gasteiger partial charge on any atom is -0.481 e. The van der Waals surface area contributed by atoms with Crippen molar-refractivity contribution in [3.63, 3.8) is 0 Å². The predicted molar refractivity (Wildman–Crippen MR) is 78.8 cm³/mol. The van der Waals surface area contributed by atoms with E-state index in [1.165, 1.54) is 0 Å². The Balaban J connectivity index is 1.65. The molecule has 0 heterocycles. The maximum atomic E-state index is 11.9. The lowest BCUT2D eigenvalue weighted by Gasteiger charge is -2.34. The summed E-state index contributed by atoms with van der Waals surface area (Å²) < 4.78 is 5.49. The van der Waals surface area contributed by atoms with Crippen molar-refractivity contribution in [1.82, 2.24) is 5.32 Å². The number of hydrogen-bond acceptors (Lipinski definition) is 3. The van der Waals surface area contributed by atoms with Crippen molar-refractivity contribution in [2.45, 2.75) is 58.0 Å².